The van der Waals surface area contributed by atoms with Gasteiger partial charge in [-0.25, -0.2) is 4.68 Å². The normalized spacial score (nSPS) is 13.4. The van der Waals surface area contributed by atoms with E-state index in [1.807, 2.05) is 30.3 Å². The van der Waals surface area contributed by atoms with Gasteiger partial charge in [0.2, 0.25) is 5.82 Å². The van der Waals surface area contributed by atoms with Crippen LogP contribution in [0.5, 0.6) is 0 Å². The molecule has 1 saturated carbocycles. The average Bonchev–Trinajstić information content (AvgIpc) is 3.42. The van der Waals surface area contributed by atoms with Gasteiger partial charge in [0.1, 0.15) is 5.69 Å². The van der Waals surface area contributed by atoms with E-state index in [1.54, 1.807) is 10.7 Å². The third-order valence-corrected chi connectivity index (χ3v) is 4.36. The SMILES string of the molecule is O=C(Nc1ccc(F)c([N+](=O)[O-])c1)c1cc(C2CC2)nn1-c1ccccc1. The lowest BCUT2D eigenvalue weighted by Gasteiger charge is -2.08. The Morgan fingerprint density at radius 3 is 2.59 bits per heavy atom. The first kappa shape index (κ1) is 16.9. The summed E-state index contributed by atoms with van der Waals surface area (Å²) in [4.78, 5) is 22.9. The number of rotatable bonds is 5. The molecule has 4 rings (SSSR count). The van der Waals surface area contributed by atoms with Crippen LogP contribution in [0.1, 0.15) is 34.9 Å². The summed E-state index contributed by atoms with van der Waals surface area (Å²) < 4.78 is 15.1. The third kappa shape index (κ3) is 3.41. The molecule has 0 radical (unpaired) electrons. The number of halogens is 1. The summed E-state index contributed by atoms with van der Waals surface area (Å²) in [5.74, 6) is -1.07. The number of benzene rings is 2. The molecule has 1 amide bonds. The third-order valence-electron chi connectivity index (χ3n) is 4.36. The van der Waals surface area contributed by atoms with Crippen LogP contribution in [0, 0.1) is 15.9 Å². The lowest BCUT2D eigenvalue weighted by Crippen LogP contribution is -2.17. The number of aromatic nitrogens is 2. The van der Waals surface area contributed by atoms with Crippen molar-refractivity contribution in [1.29, 1.82) is 0 Å². The predicted molar refractivity (Wildman–Crippen MR) is 96.5 cm³/mol. The molecular formula is C19H15FN4O3. The number of nitro groups is 1. The summed E-state index contributed by atoms with van der Waals surface area (Å²) in [5, 5.41) is 18.0. The molecule has 1 aromatic heterocycles. The Balaban J connectivity index is 1.68. The molecule has 2 aromatic carbocycles. The molecule has 27 heavy (non-hydrogen) atoms. The van der Waals surface area contributed by atoms with Crippen LogP contribution in [0.3, 0.4) is 0 Å². The van der Waals surface area contributed by atoms with Gasteiger partial charge < -0.3 is 5.32 Å². The molecule has 8 heteroatoms. The second kappa shape index (κ2) is 6.64. The molecule has 0 spiro atoms. The minimum atomic E-state index is -0.955. The molecule has 3 aromatic rings. The Bertz CT molecular complexity index is 1030. The maximum absolute atomic E-state index is 13.5. The molecule has 0 aliphatic heterocycles. The summed E-state index contributed by atoms with van der Waals surface area (Å²) in [6.45, 7) is 0. The van der Waals surface area contributed by atoms with E-state index in [0.717, 1.165) is 36.4 Å². The van der Waals surface area contributed by atoms with Gasteiger partial charge in [-0.15, -0.1) is 0 Å². The molecule has 1 heterocycles. The number of carbonyl (C=O) groups excluding carboxylic acids is 1. The molecule has 0 unspecified atom stereocenters. The molecule has 0 bridgehead atoms. The number of hydrogen-bond donors (Lipinski definition) is 1. The number of nitrogens with zero attached hydrogens (tertiary/aromatic N) is 3. The number of nitrogens with one attached hydrogen (secondary N) is 1. The first-order valence-corrected chi connectivity index (χ1v) is 8.43. The van der Waals surface area contributed by atoms with E-state index in [2.05, 4.69) is 10.4 Å². The molecule has 0 atom stereocenters. The minimum Gasteiger partial charge on any atom is -0.320 e. The Labute approximate surface area is 153 Å². The van der Waals surface area contributed by atoms with Crippen LogP contribution < -0.4 is 5.32 Å². The number of para-hydroxylation sites is 1. The smallest absolute Gasteiger partial charge is 0.306 e. The predicted octanol–water partition coefficient (Wildman–Crippen LogP) is 4.05. The fourth-order valence-corrected chi connectivity index (χ4v) is 2.83. The van der Waals surface area contributed by atoms with Crippen LogP contribution in [-0.2, 0) is 0 Å². The molecule has 7 nitrogen and oxygen atoms in total. The zero-order valence-corrected chi connectivity index (χ0v) is 14.1. The van der Waals surface area contributed by atoms with Crippen LogP contribution in [0.4, 0.5) is 15.8 Å². The molecule has 1 aliphatic rings. The van der Waals surface area contributed by atoms with Crippen molar-refractivity contribution >= 4 is 17.3 Å². The Morgan fingerprint density at radius 2 is 1.93 bits per heavy atom. The van der Waals surface area contributed by atoms with Gasteiger partial charge in [0.05, 0.1) is 16.3 Å². The van der Waals surface area contributed by atoms with Gasteiger partial charge in [-0.3, -0.25) is 14.9 Å². The molecule has 136 valence electrons. The number of anilines is 1. The molecule has 1 aliphatic carbocycles. The summed E-state index contributed by atoms with van der Waals surface area (Å²) >= 11 is 0. The highest BCUT2D eigenvalue weighted by Crippen LogP contribution is 2.39. The summed E-state index contributed by atoms with van der Waals surface area (Å²) in [5.41, 5.74) is 1.34. The molecule has 1 N–H and O–H groups in total. The quantitative estimate of drug-likeness (QED) is 0.545. The van der Waals surface area contributed by atoms with Crippen molar-refractivity contribution in [3.63, 3.8) is 0 Å². The minimum absolute atomic E-state index is 0.141. The Kier molecular flexibility index (Phi) is 4.15. The van der Waals surface area contributed by atoms with E-state index in [4.69, 9.17) is 0 Å². The topological polar surface area (TPSA) is 90.1 Å². The highest BCUT2D eigenvalue weighted by molar-refractivity contribution is 6.03. The summed E-state index contributed by atoms with van der Waals surface area (Å²) in [6, 6.07) is 14.2. The van der Waals surface area contributed by atoms with Crippen molar-refractivity contribution in [2.45, 2.75) is 18.8 Å². The van der Waals surface area contributed by atoms with Gasteiger partial charge in [-0.1, -0.05) is 18.2 Å². The van der Waals surface area contributed by atoms with Crippen molar-refractivity contribution in [2.75, 3.05) is 5.32 Å². The Morgan fingerprint density at radius 1 is 1.19 bits per heavy atom. The fourth-order valence-electron chi connectivity index (χ4n) is 2.83. The molecular weight excluding hydrogens is 351 g/mol. The van der Waals surface area contributed by atoms with Crippen molar-refractivity contribution < 1.29 is 14.1 Å². The highest BCUT2D eigenvalue weighted by Gasteiger charge is 2.29. The summed E-state index contributed by atoms with van der Waals surface area (Å²) in [7, 11) is 0. The van der Waals surface area contributed by atoms with Crippen LogP contribution >= 0.6 is 0 Å². The first-order chi connectivity index (χ1) is 13.0. The van der Waals surface area contributed by atoms with E-state index < -0.39 is 22.3 Å². The zero-order valence-electron chi connectivity index (χ0n) is 14.1. The summed E-state index contributed by atoms with van der Waals surface area (Å²) in [6.07, 6.45) is 2.08. The standard InChI is InChI=1S/C19H15FN4O3/c20-15-9-8-13(10-17(15)24(26)27)21-19(25)18-11-16(12-6-7-12)22-23(18)14-4-2-1-3-5-14/h1-5,8-12H,6-7H2,(H,21,25). The second-order valence-corrected chi connectivity index (χ2v) is 6.35. The van der Waals surface area contributed by atoms with Gasteiger partial charge in [0.15, 0.2) is 0 Å². The number of hydrogen-bond acceptors (Lipinski definition) is 4. The largest absolute Gasteiger partial charge is 0.320 e. The highest BCUT2D eigenvalue weighted by atomic mass is 19.1. The van der Waals surface area contributed by atoms with Crippen molar-refractivity contribution in [2.24, 2.45) is 0 Å². The van der Waals surface area contributed by atoms with Gasteiger partial charge in [-0.2, -0.15) is 9.49 Å². The zero-order chi connectivity index (χ0) is 19.0. The fraction of sp³-hybridized carbons (Fsp3) is 0.158. The van der Waals surface area contributed by atoms with Gasteiger partial charge in [0, 0.05) is 17.7 Å². The maximum atomic E-state index is 13.5. The second-order valence-electron chi connectivity index (χ2n) is 6.35. The van der Waals surface area contributed by atoms with E-state index >= 15 is 0 Å². The number of amides is 1. The van der Waals surface area contributed by atoms with Gasteiger partial charge >= 0.3 is 5.69 Å². The van der Waals surface area contributed by atoms with Crippen LogP contribution in [0.25, 0.3) is 5.69 Å². The van der Waals surface area contributed by atoms with Gasteiger partial charge in [-0.05, 0) is 43.2 Å². The van der Waals surface area contributed by atoms with E-state index in [0.29, 0.717) is 11.6 Å². The number of carbonyl (C=O) groups is 1. The molecule has 0 saturated heterocycles. The van der Waals surface area contributed by atoms with E-state index in [-0.39, 0.29) is 5.69 Å². The van der Waals surface area contributed by atoms with Gasteiger partial charge in [0.25, 0.3) is 5.91 Å². The van der Waals surface area contributed by atoms with Crippen molar-refractivity contribution in [3.05, 3.63) is 81.9 Å². The van der Waals surface area contributed by atoms with Crippen LogP contribution in [0.15, 0.2) is 54.6 Å². The van der Waals surface area contributed by atoms with E-state index in [9.17, 15) is 19.3 Å². The van der Waals surface area contributed by atoms with Crippen LogP contribution in [-0.4, -0.2) is 20.6 Å². The lowest BCUT2D eigenvalue weighted by atomic mass is 10.2. The van der Waals surface area contributed by atoms with Crippen molar-refractivity contribution in [3.8, 4) is 5.69 Å². The maximum Gasteiger partial charge on any atom is 0.306 e. The first-order valence-electron chi connectivity index (χ1n) is 8.43. The van der Waals surface area contributed by atoms with E-state index in [1.165, 1.54) is 6.07 Å². The van der Waals surface area contributed by atoms with Crippen molar-refractivity contribution in [1.82, 2.24) is 9.78 Å². The lowest BCUT2D eigenvalue weighted by molar-refractivity contribution is -0.387. The number of nitro benzene ring substituents is 1. The van der Waals surface area contributed by atoms with Crippen LogP contribution in [0.2, 0.25) is 0 Å². The monoisotopic (exact) mass is 366 g/mol. The Hall–Kier alpha value is -3.55. The average molecular weight is 366 g/mol. The molecule has 1 fully saturated rings.